The average molecular weight is 399 g/mol. The van der Waals surface area contributed by atoms with Gasteiger partial charge in [0, 0.05) is 18.8 Å². The molecule has 5 rings (SSSR count). The fourth-order valence-electron chi connectivity index (χ4n) is 4.71. The first-order valence-electron chi connectivity index (χ1n) is 10.1. The minimum Gasteiger partial charge on any atom is -0.493 e. The van der Waals surface area contributed by atoms with Crippen molar-refractivity contribution >= 4 is 18.2 Å². The molecule has 3 heterocycles. The number of fused-ring (bicyclic) bond motifs is 2. The number of H-pyrrole nitrogens is 1. The number of amides is 1. The first-order chi connectivity index (χ1) is 14.1. The second-order valence-corrected chi connectivity index (χ2v) is 7.74. The third-order valence-electron chi connectivity index (χ3n) is 6.01. The van der Waals surface area contributed by atoms with E-state index in [0.717, 1.165) is 36.1 Å². The van der Waals surface area contributed by atoms with Crippen molar-refractivity contribution < 1.29 is 19.4 Å². The molecule has 1 unspecified atom stereocenters. The molecule has 1 aromatic heterocycles. The van der Waals surface area contributed by atoms with Crippen LogP contribution in [0.15, 0.2) is 23.0 Å². The van der Waals surface area contributed by atoms with Gasteiger partial charge in [0.15, 0.2) is 0 Å². The summed E-state index contributed by atoms with van der Waals surface area (Å²) in [6.45, 7) is 0.452. The molecule has 0 spiro atoms. The maximum Gasteiger partial charge on any atom is 0.290 e. The van der Waals surface area contributed by atoms with Crippen molar-refractivity contribution in [2.45, 2.75) is 56.9 Å². The van der Waals surface area contributed by atoms with Crippen LogP contribution in [-0.2, 0) is 16.0 Å². The number of nitrogens with zero attached hydrogens (tertiary/aromatic N) is 1. The van der Waals surface area contributed by atoms with Crippen molar-refractivity contribution in [3.63, 3.8) is 0 Å². The molecule has 2 aliphatic heterocycles. The Bertz CT molecular complexity index is 971. The summed E-state index contributed by atoms with van der Waals surface area (Å²) in [5.41, 5.74) is 2.82. The van der Waals surface area contributed by atoms with Crippen molar-refractivity contribution in [2.75, 3.05) is 11.9 Å². The van der Waals surface area contributed by atoms with Gasteiger partial charge < -0.3 is 15.2 Å². The monoisotopic (exact) mass is 399 g/mol. The van der Waals surface area contributed by atoms with Crippen LogP contribution >= 0.6 is 0 Å². The minimum atomic E-state index is -0.250. The molecule has 154 valence electrons. The van der Waals surface area contributed by atoms with Crippen molar-refractivity contribution in [3.05, 3.63) is 45.2 Å². The number of benzene rings is 1. The standard InChI is InChI=1S/C20H23N3O3.CH2O2/c24-17-11-15(12-6-7-16-13(10-12)8-9-26-16)18-19(21-17)23(22-20(18)25)14-4-2-1-3-5-14;2-1-3/h6-7,10,14-15H,1-5,8-9,11H2,(H,21,24)(H,22,25);1H,(H,2,3). The van der Waals surface area contributed by atoms with Gasteiger partial charge in [0.25, 0.3) is 12.0 Å². The number of aromatic nitrogens is 2. The van der Waals surface area contributed by atoms with Crippen LogP contribution in [0.25, 0.3) is 0 Å². The van der Waals surface area contributed by atoms with Gasteiger partial charge in [-0.15, -0.1) is 0 Å². The number of nitrogens with one attached hydrogen (secondary N) is 2. The average Bonchev–Trinajstić information content (AvgIpc) is 3.32. The zero-order chi connectivity index (χ0) is 20.4. The second-order valence-electron chi connectivity index (χ2n) is 7.74. The molecule has 29 heavy (non-hydrogen) atoms. The lowest BCUT2D eigenvalue weighted by molar-refractivity contribution is -0.123. The maximum absolute atomic E-state index is 12.8. The van der Waals surface area contributed by atoms with Gasteiger partial charge in [-0.25, -0.2) is 0 Å². The molecule has 1 fully saturated rings. The molecule has 8 heteroatoms. The quantitative estimate of drug-likeness (QED) is 0.672. The minimum absolute atomic E-state index is 0.0252. The fraction of sp³-hybridized carbons (Fsp3) is 0.476. The Hall–Kier alpha value is -3.03. The third-order valence-corrected chi connectivity index (χ3v) is 6.01. The molecule has 3 N–H and O–H groups in total. The summed E-state index contributed by atoms with van der Waals surface area (Å²) >= 11 is 0. The van der Waals surface area contributed by atoms with Gasteiger partial charge >= 0.3 is 0 Å². The SMILES string of the molecule is O=C1CC(c2ccc3c(c2)CCO3)c2c(n(C3CCCCC3)[nH]c2=O)N1.O=CO. The molecule has 3 aliphatic rings. The van der Waals surface area contributed by atoms with Gasteiger partial charge in [-0.1, -0.05) is 31.4 Å². The summed E-state index contributed by atoms with van der Waals surface area (Å²) in [5.74, 6) is 1.38. The van der Waals surface area contributed by atoms with E-state index in [1.165, 1.54) is 19.3 Å². The maximum atomic E-state index is 12.8. The highest BCUT2D eigenvalue weighted by Crippen LogP contribution is 2.40. The Kier molecular flexibility index (Phi) is 5.42. The number of carbonyl (C=O) groups excluding carboxylic acids is 1. The van der Waals surface area contributed by atoms with Crippen molar-refractivity contribution in [2.24, 2.45) is 0 Å². The predicted molar refractivity (Wildman–Crippen MR) is 107 cm³/mol. The highest BCUT2D eigenvalue weighted by molar-refractivity contribution is 5.94. The largest absolute Gasteiger partial charge is 0.493 e. The number of aromatic amines is 1. The molecule has 0 radical (unpaired) electrons. The van der Waals surface area contributed by atoms with Crippen LogP contribution in [-0.4, -0.2) is 33.9 Å². The lowest BCUT2D eigenvalue weighted by Crippen LogP contribution is -2.27. The van der Waals surface area contributed by atoms with Crippen LogP contribution in [0.2, 0.25) is 0 Å². The Balaban J connectivity index is 0.000000645. The number of hydrogen-bond acceptors (Lipinski definition) is 4. The first-order valence-corrected chi connectivity index (χ1v) is 10.1. The van der Waals surface area contributed by atoms with Crippen LogP contribution in [0.4, 0.5) is 5.82 Å². The van der Waals surface area contributed by atoms with E-state index in [4.69, 9.17) is 14.6 Å². The van der Waals surface area contributed by atoms with E-state index in [1.54, 1.807) is 0 Å². The van der Waals surface area contributed by atoms with Crippen molar-refractivity contribution in [3.8, 4) is 5.75 Å². The summed E-state index contributed by atoms with van der Waals surface area (Å²) in [6, 6.07) is 6.34. The Morgan fingerprint density at radius 2 is 1.93 bits per heavy atom. The number of hydrogen-bond donors (Lipinski definition) is 3. The molecule has 8 nitrogen and oxygen atoms in total. The molecule has 1 atom stereocenters. The van der Waals surface area contributed by atoms with Gasteiger partial charge in [-0.3, -0.25) is 24.2 Å². The van der Waals surface area contributed by atoms with E-state index >= 15 is 0 Å². The Morgan fingerprint density at radius 1 is 1.17 bits per heavy atom. The van der Waals surface area contributed by atoms with E-state index in [-0.39, 0.29) is 29.9 Å². The van der Waals surface area contributed by atoms with Crippen molar-refractivity contribution in [1.82, 2.24) is 9.78 Å². The summed E-state index contributed by atoms with van der Waals surface area (Å²) < 4.78 is 7.52. The fourth-order valence-corrected chi connectivity index (χ4v) is 4.71. The lowest BCUT2D eigenvalue weighted by Gasteiger charge is -2.28. The first kappa shape index (κ1) is 19.3. The van der Waals surface area contributed by atoms with E-state index < -0.39 is 0 Å². The topological polar surface area (TPSA) is 113 Å². The van der Waals surface area contributed by atoms with E-state index in [1.807, 2.05) is 16.8 Å². The van der Waals surface area contributed by atoms with Gasteiger partial charge in [-0.2, -0.15) is 0 Å². The van der Waals surface area contributed by atoms with Gasteiger partial charge in [0.1, 0.15) is 11.6 Å². The Labute approximate surface area is 167 Å². The van der Waals surface area contributed by atoms with Crippen molar-refractivity contribution in [1.29, 1.82) is 0 Å². The number of ether oxygens (including phenoxy) is 1. The highest BCUT2D eigenvalue weighted by Gasteiger charge is 2.34. The molecule has 2 aromatic rings. The van der Waals surface area contributed by atoms with Crippen LogP contribution in [0.5, 0.6) is 5.75 Å². The van der Waals surface area contributed by atoms with Gasteiger partial charge in [0.05, 0.1) is 18.2 Å². The van der Waals surface area contributed by atoms with Crippen LogP contribution in [0, 0.1) is 0 Å². The molecule has 1 saturated carbocycles. The highest BCUT2D eigenvalue weighted by atomic mass is 16.5. The predicted octanol–water partition coefficient (Wildman–Crippen LogP) is 2.79. The number of carbonyl (C=O) groups is 2. The zero-order valence-electron chi connectivity index (χ0n) is 16.1. The third kappa shape index (κ3) is 3.66. The van der Waals surface area contributed by atoms with Gasteiger partial charge in [0.2, 0.25) is 5.91 Å². The van der Waals surface area contributed by atoms with Crippen LogP contribution < -0.4 is 15.6 Å². The summed E-state index contributed by atoms with van der Waals surface area (Å²) in [5, 5.41) is 12.9. The summed E-state index contributed by atoms with van der Waals surface area (Å²) in [7, 11) is 0. The molecule has 1 amide bonds. The molecule has 0 bridgehead atoms. The lowest BCUT2D eigenvalue weighted by atomic mass is 9.86. The molecule has 0 saturated heterocycles. The molecule has 1 aliphatic carbocycles. The molecular weight excluding hydrogens is 374 g/mol. The number of carboxylic acid groups (broad SMARTS) is 1. The summed E-state index contributed by atoms with van der Waals surface area (Å²) in [6.07, 6.45) is 6.88. The smallest absolute Gasteiger partial charge is 0.290 e. The second kappa shape index (κ2) is 8.14. The Morgan fingerprint density at radius 3 is 2.69 bits per heavy atom. The normalized spacial score (nSPS) is 20.6. The molecule has 1 aromatic carbocycles. The number of rotatable bonds is 2. The van der Waals surface area contributed by atoms with E-state index in [0.29, 0.717) is 24.4 Å². The van der Waals surface area contributed by atoms with Crippen LogP contribution in [0.1, 0.15) is 67.2 Å². The summed E-state index contributed by atoms with van der Waals surface area (Å²) in [4.78, 5) is 33.6. The van der Waals surface area contributed by atoms with Gasteiger partial charge in [-0.05, 0) is 30.0 Å². The van der Waals surface area contributed by atoms with Crippen LogP contribution in [0.3, 0.4) is 0 Å². The number of anilines is 1. The van der Waals surface area contributed by atoms with E-state index in [9.17, 15) is 9.59 Å². The molecular formula is C21H25N3O5. The zero-order valence-corrected chi connectivity index (χ0v) is 16.1. The van der Waals surface area contributed by atoms with E-state index in [2.05, 4.69) is 16.5 Å².